The van der Waals surface area contributed by atoms with Gasteiger partial charge < -0.3 is 15.4 Å². The summed E-state index contributed by atoms with van der Waals surface area (Å²) in [6, 6.07) is 4.70. The summed E-state index contributed by atoms with van der Waals surface area (Å²) in [4.78, 5) is 22.4. The molecule has 7 heteroatoms. The molecule has 0 radical (unpaired) electrons. The number of nitro benzene ring substituents is 1. The second-order valence-corrected chi connectivity index (χ2v) is 5.34. The number of carbonyl (C=O) groups is 1. The predicted molar refractivity (Wildman–Crippen MR) is 78.3 cm³/mol. The molecule has 0 bridgehead atoms. The van der Waals surface area contributed by atoms with Gasteiger partial charge in [0.05, 0.1) is 10.5 Å². The third-order valence-corrected chi connectivity index (χ3v) is 3.50. The second kappa shape index (κ2) is 6.19. The Morgan fingerprint density at radius 2 is 2.24 bits per heavy atom. The van der Waals surface area contributed by atoms with E-state index >= 15 is 0 Å². The maximum Gasteiger partial charge on any atom is 0.274 e. The van der Waals surface area contributed by atoms with Crippen molar-refractivity contribution in [1.82, 2.24) is 5.32 Å². The molecular weight excluding hydrogens is 274 g/mol. The van der Waals surface area contributed by atoms with Crippen molar-refractivity contribution in [2.24, 2.45) is 0 Å². The molecule has 7 nitrogen and oxygen atoms in total. The topological polar surface area (TPSA) is 93.5 Å². The van der Waals surface area contributed by atoms with Gasteiger partial charge in [-0.3, -0.25) is 14.9 Å². The summed E-state index contributed by atoms with van der Waals surface area (Å²) >= 11 is 0. The van der Waals surface area contributed by atoms with Crippen molar-refractivity contribution < 1.29 is 14.5 Å². The number of nitro groups is 1. The minimum Gasteiger partial charge on any atom is -0.363 e. The number of rotatable bonds is 6. The van der Waals surface area contributed by atoms with Crippen LogP contribution in [0.1, 0.15) is 19.4 Å². The van der Waals surface area contributed by atoms with Gasteiger partial charge in [-0.25, -0.2) is 0 Å². The van der Waals surface area contributed by atoms with Crippen molar-refractivity contribution in [1.29, 1.82) is 0 Å². The summed E-state index contributed by atoms with van der Waals surface area (Å²) in [5, 5.41) is 16.7. The Balaban J connectivity index is 1.97. The average molecular weight is 293 g/mol. The van der Waals surface area contributed by atoms with E-state index in [0.29, 0.717) is 17.7 Å². The van der Waals surface area contributed by atoms with Crippen LogP contribution in [0.5, 0.6) is 0 Å². The standard InChI is InChI=1S/C14H19N3O4/c1-3-10-4-5-11(6-12(10)17(19)20)16-13(18)7-21-14(2)8-15-9-14/h4-6,15H,3,7-9H2,1-2H3,(H,16,18). The van der Waals surface area contributed by atoms with Crippen LogP contribution in [-0.2, 0) is 16.0 Å². The molecule has 0 unspecified atom stereocenters. The molecule has 1 amide bonds. The average Bonchev–Trinajstić information content (AvgIpc) is 2.43. The zero-order chi connectivity index (χ0) is 15.5. The van der Waals surface area contributed by atoms with Gasteiger partial charge in [0, 0.05) is 30.4 Å². The largest absolute Gasteiger partial charge is 0.363 e. The van der Waals surface area contributed by atoms with Gasteiger partial charge in [0.1, 0.15) is 6.61 Å². The number of hydrogen-bond acceptors (Lipinski definition) is 5. The molecule has 2 rings (SSSR count). The van der Waals surface area contributed by atoms with Crippen LogP contribution in [0.2, 0.25) is 0 Å². The molecule has 1 heterocycles. The Labute approximate surface area is 122 Å². The van der Waals surface area contributed by atoms with Crippen LogP contribution in [0.25, 0.3) is 0 Å². The molecule has 0 aliphatic carbocycles. The molecule has 0 aromatic heterocycles. The molecule has 1 aliphatic heterocycles. The number of benzene rings is 1. The Morgan fingerprint density at radius 1 is 1.52 bits per heavy atom. The van der Waals surface area contributed by atoms with E-state index in [-0.39, 0.29) is 23.8 Å². The highest BCUT2D eigenvalue weighted by Gasteiger charge is 2.33. The van der Waals surface area contributed by atoms with Gasteiger partial charge in [-0.05, 0) is 19.4 Å². The number of aryl methyl sites for hydroxylation is 1. The lowest BCUT2D eigenvalue weighted by Gasteiger charge is -2.38. The van der Waals surface area contributed by atoms with E-state index < -0.39 is 4.92 Å². The predicted octanol–water partition coefficient (Wildman–Crippen LogP) is 1.47. The van der Waals surface area contributed by atoms with Crippen LogP contribution in [0, 0.1) is 10.1 Å². The lowest BCUT2D eigenvalue weighted by Crippen LogP contribution is -2.59. The Morgan fingerprint density at radius 3 is 2.76 bits per heavy atom. The quantitative estimate of drug-likeness (QED) is 0.612. The first-order valence-electron chi connectivity index (χ1n) is 6.85. The van der Waals surface area contributed by atoms with Crippen LogP contribution in [-0.4, -0.2) is 36.1 Å². The fraction of sp³-hybridized carbons (Fsp3) is 0.500. The van der Waals surface area contributed by atoms with Crippen molar-refractivity contribution in [3.63, 3.8) is 0 Å². The summed E-state index contributed by atoms with van der Waals surface area (Å²) < 4.78 is 5.51. The highest BCUT2D eigenvalue weighted by Crippen LogP contribution is 2.23. The first-order chi connectivity index (χ1) is 9.93. The number of nitrogens with one attached hydrogen (secondary N) is 2. The van der Waals surface area contributed by atoms with Crippen molar-refractivity contribution in [2.75, 3.05) is 25.0 Å². The van der Waals surface area contributed by atoms with E-state index in [2.05, 4.69) is 10.6 Å². The molecule has 0 saturated carbocycles. The molecular formula is C14H19N3O4. The van der Waals surface area contributed by atoms with Gasteiger partial charge in [0.25, 0.3) is 5.69 Å². The third kappa shape index (κ3) is 3.77. The van der Waals surface area contributed by atoms with E-state index in [0.717, 1.165) is 13.1 Å². The monoisotopic (exact) mass is 293 g/mol. The minimum absolute atomic E-state index is 0.0198. The first kappa shape index (κ1) is 15.4. The smallest absolute Gasteiger partial charge is 0.274 e. The maximum atomic E-state index is 11.8. The van der Waals surface area contributed by atoms with Crippen molar-refractivity contribution in [3.8, 4) is 0 Å². The fourth-order valence-electron chi connectivity index (χ4n) is 2.13. The maximum absolute atomic E-state index is 11.8. The second-order valence-electron chi connectivity index (χ2n) is 5.34. The lowest BCUT2D eigenvalue weighted by atomic mass is 10.0. The molecule has 1 fully saturated rings. The number of ether oxygens (including phenoxy) is 1. The number of anilines is 1. The normalized spacial score (nSPS) is 16.1. The van der Waals surface area contributed by atoms with Crippen LogP contribution < -0.4 is 10.6 Å². The molecule has 0 atom stereocenters. The highest BCUT2D eigenvalue weighted by atomic mass is 16.6. The first-order valence-corrected chi connectivity index (χ1v) is 6.85. The van der Waals surface area contributed by atoms with E-state index in [1.165, 1.54) is 6.07 Å². The Kier molecular flexibility index (Phi) is 4.54. The van der Waals surface area contributed by atoms with E-state index in [1.807, 2.05) is 13.8 Å². The van der Waals surface area contributed by atoms with Crippen LogP contribution >= 0.6 is 0 Å². The summed E-state index contributed by atoms with van der Waals surface area (Å²) in [6.07, 6.45) is 0.568. The number of nitrogens with zero attached hydrogens (tertiary/aromatic N) is 1. The van der Waals surface area contributed by atoms with Crippen LogP contribution in [0.15, 0.2) is 18.2 Å². The molecule has 114 valence electrons. The summed E-state index contributed by atoms with van der Waals surface area (Å²) in [5.41, 5.74) is 0.771. The number of hydrogen-bond donors (Lipinski definition) is 2. The zero-order valence-electron chi connectivity index (χ0n) is 12.1. The molecule has 0 spiro atoms. The van der Waals surface area contributed by atoms with Gasteiger partial charge in [-0.2, -0.15) is 0 Å². The lowest BCUT2D eigenvalue weighted by molar-refractivity contribution is -0.385. The van der Waals surface area contributed by atoms with E-state index in [9.17, 15) is 14.9 Å². The van der Waals surface area contributed by atoms with Gasteiger partial charge in [-0.1, -0.05) is 13.0 Å². The fourth-order valence-corrected chi connectivity index (χ4v) is 2.13. The highest BCUT2D eigenvalue weighted by molar-refractivity contribution is 5.92. The van der Waals surface area contributed by atoms with Crippen molar-refractivity contribution in [3.05, 3.63) is 33.9 Å². The van der Waals surface area contributed by atoms with Crippen LogP contribution in [0.3, 0.4) is 0 Å². The van der Waals surface area contributed by atoms with Gasteiger partial charge in [0.15, 0.2) is 0 Å². The minimum atomic E-state index is -0.438. The van der Waals surface area contributed by atoms with Crippen molar-refractivity contribution >= 4 is 17.3 Å². The van der Waals surface area contributed by atoms with Crippen molar-refractivity contribution in [2.45, 2.75) is 25.9 Å². The SMILES string of the molecule is CCc1ccc(NC(=O)COC2(C)CNC2)cc1[N+](=O)[O-]. The van der Waals surface area contributed by atoms with Gasteiger partial charge >= 0.3 is 0 Å². The Bertz CT molecular complexity index is 555. The third-order valence-electron chi connectivity index (χ3n) is 3.50. The molecule has 1 aromatic rings. The number of amides is 1. The number of carbonyl (C=O) groups excluding carboxylic acids is 1. The van der Waals surface area contributed by atoms with E-state index in [4.69, 9.17) is 4.74 Å². The van der Waals surface area contributed by atoms with Gasteiger partial charge in [-0.15, -0.1) is 0 Å². The summed E-state index contributed by atoms with van der Waals surface area (Å²) in [5.74, 6) is -0.318. The van der Waals surface area contributed by atoms with Crippen LogP contribution in [0.4, 0.5) is 11.4 Å². The molecule has 1 saturated heterocycles. The molecule has 21 heavy (non-hydrogen) atoms. The van der Waals surface area contributed by atoms with E-state index in [1.54, 1.807) is 12.1 Å². The molecule has 1 aliphatic rings. The zero-order valence-corrected chi connectivity index (χ0v) is 12.1. The molecule has 1 aromatic carbocycles. The summed E-state index contributed by atoms with van der Waals surface area (Å²) in [7, 11) is 0. The molecule has 2 N–H and O–H groups in total. The Hall–Kier alpha value is -1.99. The van der Waals surface area contributed by atoms with Gasteiger partial charge in [0.2, 0.25) is 5.91 Å². The summed E-state index contributed by atoms with van der Waals surface area (Å²) in [6.45, 7) is 5.15.